The number of ether oxygens (including phenoxy) is 1. The molecule has 0 radical (unpaired) electrons. The fraction of sp³-hybridized carbons (Fsp3) is 0.250. The predicted molar refractivity (Wildman–Crippen MR) is 101 cm³/mol. The molecule has 1 aliphatic rings. The van der Waals surface area contributed by atoms with Crippen LogP contribution < -0.4 is 11.1 Å². The molecule has 1 aliphatic carbocycles. The molecule has 1 aromatic carbocycles. The number of nitrogens with two attached hydrogens (primary N) is 1. The molecule has 0 saturated heterocycles. The molecule has 1 aromatic heterocycles. The molecule has 6 heteroatoms. The quantitative estimate of drug-likeness (QED) is 0.615. The van der Waals surface area contributed by atoms with Crippen molar-refractivity contribution < 1.29 is 9.53 Å². The second-order valence-corrected chi connectivity index (χ2v) is 6.24. The van der Waals surface area contributed by atoms with E-state index in [0.29, 0.717) is 22.8 Å². The van der Waals surface area contributed by atoms with Crippen LogP contribution in [0.25, 0.3) is 5.70 Å². The zero-order valence-corrected chi connectivity index (χ0v) is 14.8. The Bertz CT molecular complexity index is 876. The summed E-state index contributed by atoms with van der Waals surface area (Å²) in [5.41, 5.74) is 11.0. The minimum absolute atomic E-state index is 0.116. The molecule has 1 atom stereocenters. The normalized spacial score (nSPS) is 15.2. The molecule has 134 valence electrons. The van der Waals surface area contributed by atoms with Gasteiger partial charge in [-0.1, -0.05) is 25.3 Å². The van der Waals surface area contributed by atoms with Crippen molar-refractivity contribution in [2.24, 2.45) is 0 Å². The predicted octanol–water partition coefficient (Wildman–Crippen LogP) is 2.96. The minimum Gasteiger partial charge on any atom is -0.458 e. The van der Waals surface area contributed by atoms with Crippen LogP contribution in [0.2, 0.25) is 0 Å². The summed E-state index contributed by atoms with van der Waals surface area (Å²) in [5, 5.41) is 3.42. The average molecular weight is 350 g/mol. The van der Waals surface area contributed by atoms with E-state index < -0.39 is 0 Å². The van der Waals surface area contributed by atoms with Gasteiger partial charge in [-0.15, -0.1) is 0 Å². The number of benzene rings is 1. The van der Waals surface area contributed by atoms with Crippen LogP contribution >= 0.6 is 0 Å². The van der Waals surface area contributed by atoms with Crippen molar-refractivity contribution >= 4 is 17.5 Å². The molecule has 0 spiro atoms. The van der Waals surface area contributed by atoms with E-state index in [-0.39, 0.29) is 18.6 Å². The number of nitrogen functional groups attached to an aromatic ring is 1. The van der Waals surface area contributed by atoms with E-state index in [2.05, 4.69) is 28.4 Å². The molecule has 6 nitrogen and oxygen atoms in total. The molecule has 26 heavy (non-hydrogen) atoms. The summed E-state index contributed by atoms with van der Waals surface area (Å²) in [6.45, 7) is 9.80. The molecular formula is C20H22N4O2. The van der Waals surface area contributed by atoms with E-state index in [1.165, 1.54) is 17.5 Å². The van der Waals surface area contributed by atoms with Crippen LogP contribution in [0.3, 0.4) is 0 Å². The number of carbonyl (C=O) groups is 1. The van der Waals surface area contributed by atoms with Gasteiger partial charge >= 0.3 is 5.97 Å². The highest BCUT2D eigenvalue weighted by Gasteiger charge is 2.27. The lowest BCUT2D eigenvalue weighted by Crippen LogP contribution is -2.18. The Balaban J connectivity index is 1.79. The lowest BCUT2D eigenvalue weighted by atomic mass is 9.98. The molecule has 1 heterocycles. The molecule has 0 amide bonds. The Morgan fingerprint density at radius 3 is 3.00 bits per heavy atom. The van der Waals surface area contributed by atoms with E-state index in [1.807, 2.05) is 19.1 Å². The van der Waals surface area contributed by atoms with Gasteiger partial charge in [0.25, 0.3) is 0 Å². The van der Waals surface area contributed by atoms with E-state index in [4.69, 9.17) is 10.5 Å². The lowest BCUT2D eigenvalue weighted by Gasteiger charge is -2.18. The maximum atomic E-state index is 12.2. The van der Waals surface area contributed by atoms with E-state index in [9.17, 15) is 4.79 Å². The second-order valence-electron chi connectivity index (χ2n) is 6.24. The molecule has 0 fully saturated rings. The summed E-state index contributed by atoms with van der Waals surface area (Å²) in [5.74, 6) is 0.0887. The highest BCUT2D eigenvalue weighted by Crippen LogP contribution is 2.36. The number of aromatic nitrogens is 2. The molecule has 0 bridgehead atoms. The fourth-order valence-corrected chi connectivity index (χ4v) is 3.29. The standard InChI is InChI=1S/C20H22N4O2/c1-4-9-26-20(25)15-5-6-16-14(12(15)2)7-8-17(16)24-13(3)18-10-19(21)23-11-22-18/h4-6,10-11,17,24H,1,3,7-9H2,2H3,(H2,21,22,23)/t17-/m0/s1. The smallest absolute Gasteiger partial charge is 0.338 e. The fourth-order valence-electron chi connectivity index (χ4n) is 3.29. The molecule has 3 rings (SSSR count). The van der Waals surface area contributed by atoms with Crippen molar-refractivity contribution in [2.75, 3.05) is 12.3 Å². The Morgan fingerprint density at radius 1 is 1.46 bits per heavy atom. The number of hydrogen-bond acceptors (Lipinski definition) is 6. The van der Waals surface area contributed by atoms with Crippen molar-refractivity contribution in [3.8, 4) is 0 Å². The maximum Gasteiger partial charge on any atom is 0.338 e. The van der Waals surface area contributed by atoms with Gasteiger partial charge in [0, 0.05) is 6.07 Å². The van der Waals surface area contributed by atoms with Gasteiger partial charge in [0.05, 0.1) is 23.0 Å². The first-order valence-corrected chi connectivity index (χ1v) is 8.45. The first-order valence-electron chi connectivity index (χ1n) is 8.45. The molecule has 2 aromatic rings. The third-order valence-corrected chi connectivity index (χ3v) is 4.59. The zero-order chi connectivity index (χ0) is 18.7. The van der Waals surface area contributed by atoms with E-state index in [1.54, 1.807) is 12.1 Å². The monoisotopic (exact) mass is 350 g/mol. The van der Waals surface area contributed by atoms with Gasteiger partial charge in [0.1, 0.15) is 18.8 Å². The summed E-state index contributed by atoms with van der Waals surface area (Å²) in [4.78, 5) is 20.3. The molecule has 3 N–H and O–H groups in total. The number of nitrogens with zero attached hydrogens (tertiary/aromatic N) is 2. The van der Waals surface area contributed by atoms with Crippen molar-refractivity contribution in [1.82, 2.24) is 15.3 Å². The minimum atomic E-state index is -0.317. The highest BCUT2D eigenvalue weighted by atomic mass is 16.5. The summed E-state index contributed by atoms with van der Waals surface area (Å²) in [6.07, 6.45) is 4.79. The van der Waals surface area contributed by atoms with Crippen molar-refractivity contribution in [2.45, 2.75) is 25.8 Å². The first-order chi connectivity index (χ1) is 12.5. The highest BCUT2D eigenvalue weighted by molar-refractivity contribution is 5.91. The molecule has 0 unspecified atom stereocenters. The third-order valence-electron chi connectivity index (χ3n) is 4.59. The van der Waals surface area contributed by atoms with E-state index in [0.717, 1.165) is 18.4 Å². The van der Waals surface area contributed by atoms with Crippen molar-refractivity contribution in [1.29, 1.82) is 0 Å². The molecule has 0 aliphatic heterocycles. The Morgan fingerprint density at radius 2 is 2.27 bits per heavy atom. The van der Waals surface area contributed by atoms with Gasteiger partial charge in [-0.2, -0.15) is 0 Å². The number of esters is 1. The Hall–Kier alpha value is -3.15. The van der Waals surface area contributed by atoms with Crippen LogP contribution in [-0.4, -0.2) is 22.5 Å². The van der Waals surface area contributed by atoms with Gasteiger partial charge in [-0.3, -0.25) is 0 Å². The van der Waals surface area contributed by atoms with Crippen molar-refractivity contribution in [3.05, 3.63) is 71.7 Å². The van der Waals surface area contributed by atoms with Crippen LogP contribution in [0, 0.1) is 6.92 Å². The number of rotatable bonds is 6. The van der Waals surface area contributed by atoms with Gasteiger partial charge < -0.3 is 15.8 Å². The summed E-state index contributed by atoms with van der Waals surface area (Å²) >= 11 is 0. The van der Waals surface area contributed by atoms with Crippen LogP contribution in [0.1, 0.15) is 45.2 Å². The molecule has 0 saturated carbocycles. The SMILES string of the molecule is C=CCOC(=O)c1ccc2c(c1C)CC[C@@H]2NC(=C)c1cc(N)ncn1. The van der Waals surface area contributed by atoms with Crippen LogP contribution in [0.15, 0.2) is 43.8 Å². The van der Waals surface area contributed by atoms with Gasteiger partial charge in [0.2, 0.25) is 0 Å². The van der Waals surface area contributed by atoms with Gasteiger partial charge in [-0.05, 0) is 42.5 Å². The second kappa shape index (κ2) is 7.39. The Kier molecular flexibility index (Phi) is 5.02. The van der Waals surface area contributed by atoms with Gasteiger partial charge in [0.15, 0.2) is 0 Å². The summed E-state index contributed by atoms with van der Waals surface area (Å²) < 4.78 is 5.17. The molecular weight excluding hydrogens is 328 g/mol. The van der Waals surface area contributed by atoms with Crippen LogP contribution in [0.4, 0.5) is 5.82 Å². The zero-order valence-electron chi connectivity index (χ0n) is 14.8. The number of carbonyl (C=O) groups excluding carboxylic acids is 1. The van der Waals surface area contributed by atoms with Crippen LogP contribution in [0.5, 0.6) is 0 Å². The summed E-state index contributed by atoms with van der Waals surface area (Å²) in [6, 6.07) is 5.62. The average Bonchev–Trinajstić information content (AvgIpc) is 3.03. The lowest BCUT2D eigenvalue weighted by molar-refractivity contribution is 0.0549. The van der Waals surface area contributed by atoms with Crippen LogP contribution in [-0.2, 0) is 11.2 Å². The number of anilines is 1. The van der Waals surface area contributed by atoms with Crippen molar-refractivity contribution in [3.63, 3.8) is 0 Å². The number of fused-ring (bicyclic) bond motifs is 1. The topological polar surface area (TPSA) is 90.1 Å². The number of hydrogen-bond donors (Lipinski definition) is 2. The maximum absolute atomic E-state index is 12.2. The largest absolute Gasteiger partial charge is 0.458 e. The van der Waals surface area contributed by atoms with Gasteiger partial charge in [-0.25, -0.2) is 14.8 Å². The van der Waals surface area contributed by atoms with E-state index >= 15 is 0 Å². The first kappa shape index (κ1) is 17.7. The number of nitrogens with one attached hydrogen (secondary N) is 1. The summed E-state index contributed by atoms with van der Waals surface area (Å²) in [7, 11) is 0. The Labute approximate surface area is 152 Å². The third kappa shape index (κ3) is 3.44.